The molecule has 0 radical (unpaired) electrons. The van der Waals surface area contributed by atoms with Crippen molar-refractivity contribution in [2.45, 2.75) is 58.3 Å². The Labute approximate surface area is 133 Å². The van der Waals surface area contributed by atoms with E-state index in [1.807, 2.05) is 39.5 Å². The molecule has 2 unspecified atom stereocenters. The Morgan fingerprint density at radius 1 is 1.38 bits per heavy atom. The lowest BCUT2D eigenvalue weighted by Gasteiger charge is -2.59. The van der Waals surface area contributed by atoms with E-state index in [1.165, 1.54) is 0 Å². The minimum absolute atomic E-state index is 0. The quantitative estimate of drug-likeness (QED) is 0.857. The second kappa shape index (κ2) is 6.03. The summed E-state index contributed by atoms with van der Waals surface area (Å²) in [5, 5.41) is 0. The highest BCUT2D eigenvalue weighted by Crippen LogP contribution is 2.50. The lowest BCUT2D eigenvalue weighted by atomic mass is 9.54. The number of ether oxygens (including phenoxy) is 2. The van der Waals surface area contributed by atoms with Crippen LogP contribution in [0.2, 0.25) is 0 Å². The normalized spacial score (nSPS) is 33.8. The molecule has 124 valence electrons. The smallest absolute Gasteiger partial charge is 0.243 e. The molecule has 0 bridgehead atoms. The zero-order chi connectivity index (χ0) is 15.2. The van der Waals surface area contributed by atoms with Crippen LogP contribution in [0.3, 0.4) is 0 Å². The van der Waals surface area contributed by atoms with Gasteiger partial charge in [-0.25, -0.2) is 0 Å². The maximum Gasteiger partial charge on any atom is 0.243 e. The molecule has 2 fully saturated rings. The van der Waals surface area contributed by atoms with Crippen LogP contribution in [-0.4, -0.2) is 54.4 Å². The van der Waals surface area contributed by atoms with Crippen LogP contribution in [0.1, 0.15) is 41.0 Å². The Balaban J connectivity index is 0.00000220. The second-order valence-electron chi connectivity index (χ2n) is 7.18. The monoisotopic (exact) mass is 320 g/mol. The number of rotatable bonds is 3. The average molecular weight is 321 g/mol. The van der Waals surface area contributed by atoms with Gasteiger partial charge in [0.2, 0.25) is 5.91 Å². The minimum Gasteiger partial charge on any atom is -0.378 e. The van der Waals surface area contributed by atoms with Gasteiger partial charge in [-0.3, -0.25) is 4.79 Å². The number of amides is 1. The number of hydrogen-bond acceptors (Lipinski definition) is 4. The van der Waals surface area contributed by atoms with Crippen LogP contribution >= 0.6 is 12.4 Å². The van der Waals surface area contributed by atoms with E-state index in [4.69, 9.17) is 15.2 Å². The topological polar surface area (TPSA) is 64.8 Å². The van der Waals surface area contributed by atoms with Crippen molar-refractivity contribution in [3.8, 4) is 0 Å². The Hall–Kier alpha value is -0.360. The first-order valence-corrected chi connectivity index (χ1v) is 7.48. The Morgan fingerprint density at radius 3 is 2.48 bits per heavy atom. The standard InChI is InChI=1S/C15H28N2O3.ClH/c1-6-19-11-9-15(16,14(11,4)5)12(18)17-7-8-20-13(2,3)10-17;/h11H,6-10,16H2,1-5H3;1H. The minimum atomic E-state index is -0.819. The van der Waals surface area contributed by atoms with Gasteiger partial charge in [0, 0.05) is 31.5 Å². The largest absolute Gasteiger partial charge is 0.378 e. The van der Waals surface area contributed by atoms with Crippen LogP contribution in [0.15, 0.2) is 0 Å². The first-order valence-electron chi connectivity index (χ1n) is 7.48. The summed E-state index contributed by atoms with van der Waals surface area (Å²) in [6.07, 6.45) is 0.667. The molecule has 1 amide bonds. The fourth-order valence-electron chi connectivity index (χ4n) is 3.27. The summed E-state index contributed by atoms with van der Waals surface area (Å²) in [5.74, 6) is 0.0369. The Morgan fingerprint density at radius 2 is 2.00 bits per heavy atom. The molecule has 0 spiro atoms. The fraction of sp³-hybridized carbons (Fsp3) is 0.933. The number of nitrogens with two attached hydrogens (primary N) is 1. The molecule has 0 aromatic rings. The van der Waals surface area contributed by atoms with Gasteiger partial charge in [-0.1, -0.05) is 13.8 Å². The fourth-order valence-corrected chi connectivity index (χ4v) is 3.27. The van der Waals surface area contributed by atoms with Crippen molar-refractivity contribution in [1.82, 2.24) is 4.90 Å². The van der Waals surface area contributed by atoms with Crippen molar-refractivity contribution in [2.75, 3.05) is 26.3 Å². The van der Waals surface area contributed by atoms with E-state index in [1.54, 1.807) is 0 Å². The third-order valence-corrected chi connectivity index (χ3v) is 4.92. The average Bonchev–Trinajstić information content (AvgIpc) is 2.36. The maximum atomic E-state index is 12.8. The molecular formula is C15H29ClN2O3. The number of halogens is 1. The van der Waals surface area contributed by atoms with Crippen LogP contribution in [-0.2, 0) is 14.3 Å². The first-order chi connectivity index (χ1) is 9.14. The molecule has 1 saturated heterocycles. The molecule has 21 heavy (non-hydrogen) atoms. The van der Waals surface area contributed by atoms with Gasteiger partial charge in [0.15, 0.2) is 0 Å². The van der Waals surface area contributed by atoms with Crippen LogP contribution in [0.5, 0.6) is 0 Å². The van der Waals surface area contributed by atoms with Crippen molar-refractivity contribution in [3.05, 3.63) is 0 Å². The third-order valence-electron chi connectivity index (χ3n) is 4.92. The van der Waals surface area contributed by atoms with Gasteiger partial charge in [-0.15, -0.1) is 12.4 Å². The van der Waals surface area contributed by atoms with E-state index >= 15 is 0 Å². The van der Waals surface area contributed by atoms with Gasteiger partial charge in [-0.05, 0) is 20.8 Å². The molecule has 2 atom stereocenters. The van der Waals surface area contributed by atoms with Crippen LogP contribution in [0.4, 0.5) is 0 Å². The lowest BCUT2D eigenvalue weighted by Crippen LogP contribution is -2.76. The van der Waals surface area contributed by atoms with Gasteiger partial charge < -0.3 is 20.1 Å². The van der Waals surface area contributed by atoms with E-state index in [9.17, 15) is 4.79 Å². The highest BCUT2D eigenvalue weighted by atomic mass is 35.5. The predicted molar refractivity (Wildman–Crippen MR) is 84.6 cm³/mol. The van der Waals surface area contributed by atoms with Gasteiger partial charge in [0.1, 0.15) is 5.54 Å². The predicted octanol–water partition coefficient (Wildman–Crippen LogP) is 1.58. The molecular weight excluding hydrogens is 292 g/mol. The van der Waals surface area contributed by atoms with Gasteiger partial charge in [0.25, 0.3) is 0 Å². The Bertz CT molecular complexity index is 400. The highest BCUT2D eigenvalue weighted by Gasteiger charge is 2.64. The molecule has 2 N–H and O–H groups in total. The van der Waals surface area contributed by atoms with Crippen molar-refractivity contribution >= 4 is 18.3 Å². The summed E-state index contributed by atoms with van der Waals surface area (Å²) >= 11 is 0. The summed E-state index contributed by atoms with van der Waals surface area (Å²) in [6, 6.07) is 0. The van der Waals surface area contributed by atoms with E-state index in [2.05, 4.69) is 0 Å². The number of nitrogens with zero attached hydrogens (tertiary/aromatic N) is 1. The Kier molecular flexibility index (Phi) is 5.37. The summed E-state index contributed by atoms with van der Waals surface area (Å²) in [7, 11) is 0. The van der Waals surface area contributed by atoms with E-state index in [0.29, 0.717) is 32.7 Å². The number of morpholine rings is 1. The van der Waals surface area contributed by atoms with Crippen LogP contribution < -0.4 is 5.73 Å². The first kappa shape index (κ1) is 18.7. The maximum absolute atomic E-state index is 12.8. The van der Waals surface area contributed by atoms with Crippen molar-refractivity contribution in [2.24, 2.45) is 11.1 Å². The number of carbonyl (C=O) groups excluding carboxylic acids is 1. The van der Waals surface area contributed by atoms with E-state index in [-0.39, 0.29) is 35.4 Å². The molecule has 1 heterocycles. The lowest BCUT2D eigenvalue weighted by molar-refractivity contribution is -0.187. The molecule has 5 nitrogen and oxygen atoms in total. The van der Waals surface area contributed by atoms with Gasteiger partial charge in [-0.2, -0.15) is 0 Å². The summed E-state index contributed by atoms with van der Waals surface area (Å²) in [6.45, 7) is 12.5. The summed E-state index contributed by atoms with van der Waals surface area (Å²) in [5.41, 5.74) is 5.01. The van der Waals surface area contributed by atoms with Crippen molar-refractivity contribution in [1.29, 1.82) is 0 Å². The van der Waals surface area contributed by atoms with Crippen molar-refractivity contribution in [3.63, 3.8) is 0 Å². The van der Waals surface area contributed by atoms with Gasteiger partial charge >= 0.3 is 0 Å². The highest BCUT2D eigenvalue weighted by molar-refractivity contribution is 5.89. The third kappa shape index (κ3) is 3.07. The molecule has 1 saturated carbocycles. The zero-order valence-corrected chi connectivity index (χ0v) is 14.6. The number of hydrogen-bond donors (Lipinski definition) is 1. The second-order valence-corrected chi connectivity index (χ2v) is 7.18. The SMILES string of the molecule is CCOC1CC(N)(C(=O)N2CCOC(C)(C)C2)C1(C)C.Cl. The van der Waals surface area contributed by atoms with Gasteiger partial charge in [0.05, 0.1) is 18.3 Å². The van der Waals surface area contributed by atoms with E-state index in [0.717, 1.165) is 0 Å². The van der Waals surface area contributed by atoms with Crippen molar-refractivity contribution < 1.29 is 14.3 Å². The molecule has 2 rings (SSSR count). The molecule has 0 aromatic heterocycles. The van der Waals surface area contributed by atoms with Crippen LogP contribution in [0, 0.1) is 5.41 Å². The molecule has 1 aliphatic carbocycles. The summed E-state index contributed by atoms with van der Waals surface area (Å²) < 4.78 is 11.4. The molecule has 0 aromatic carbocycles. The molecule has 6 heteroatoms. The number of carbonyl (C=O) groups is 1. The van der Waals surface area contributed by atoms with E-state index < -0.39 is 5.54 Å². The summed E-state index contributed by atoms with van der Waals surface area (Å²) in [4.78, 5) is 14.7. The molecule has 2 aliphatic rings. The van der Waals surface area contributed by atoms with Crippen LogP contribution in [0.25, 0.3) is 0 Å². The molecule has 1 aliphatic heterocycles. The zero-order valence-electron chi connectivity index (χ0n) is 13.8.